The van der Waals surface area contributed by atoms with Gasteiger partial charge in [0, 0.05) is 40.7 Å². The molecule has 18 heteroatoms. The zero-order valence-electron chi connectivity index (χ0n) is 39.8. The Morgan fingerprint density at radius 1 is 0.734 bits per heavy atom. The van der Waals surface area contributed by atoms with E-state index in [1.165, 1.54) is 42.8 Å². The summed E-state index contributed by atoms with van der Waals surface area (Å²) >= 11 is 0. The molecule has 1 aromatic carbocycles. The fraction of sp³-hybridized carbons (Fsp3) is 0.696. The molecule has 3 rings (SSSR count). The van der Waals surface area contributed by atoms with Crippen molar-refractivity contribution in [2.45, 2.75) is 148 Å². The molecule has 2 aliphatic heterocycles. The summed E-state index contributed by atoms with van der Waals surface area (Å²) in [4.78, 5) is 119. The number of likely N-dealkylation sites (N-methyl/N-ethyl adjacent to an activating group) is 3. The minimum absolute atomic E-state index is 0.00773. The van der Waals surface area contributed by atoms with Crippen LogP contribution in [-0.4, -0.2) is 167 Å². The maximum atomic E-state index is 14.6. The maximum absolute atomic E-state index is 14.6. The molecule has 0 bridgehead atoms. The fourth-order valence-corrected chi connectivity index (χ4v) is 7.71. The van der Waals surface area contributed by atoms with Crippen LogP contribution in [-0.2, 0) is 49.5 Å². The summed E-state index contributed by atoms with van der Waals surface area (Å²) in [5.74, 6) is -5.79. The Morgan fingerprint density at radius 2 is 1.34 bits per heavy atom. The van der Waals surface area contributed by atoms with Crippen LogP contribution >= 0.6 is 0 Å². The molecule has 8 amide bonds. The molecule has 18 nitrogen and oxygen atoms in total. The summed E-state index contributed by atoms with van der Waals surface area (Å²) in [5, 5.41) is 21.6. The Bertz CT molecular complexity index is 1780. The molecule has 358 valence electrons. The van der Waals surface area contributed by atoms with E-state index in [0.717, 1.165) is 19.3 Å². The lowest BCUT2D eigenvalue weighted by atomic mass is 9.98. The van der Waals surface area contributed by atoms with Crippen LogP contribution in [0.1, 0.15) is 99.5 Å². The van der Waals surface area contributed by atoms with Gasteiger partial charge < -0.3 is 50.7 Å². The molecule has 5 N–H and O–H groups in total. The van der Waals surface area contributed by atoms with Gasteiger partial charge in [-0.15, -0.1) is 0 Å². The number of ether oxygens (including phenoxy) is 1. The van der Waals surface area contributed by atoms with Gasteiger partial charge in [-0.05, 0) is 77.2 Å². The molecule has 0 saturated carbocycles. The molecule has 2 saturated heterocycles. The van der Waals surface area contributed by atoms with Gasteiger partial charge in [-0.1, -0.05) is 58.0 Å². The molecule has 2 fully saturated rings. The van der Waals surface area contributed by atoms with Crippen LogP contribution in [0.4, 0.5) is 0 Å². The number of aliphatic hydroxyl groups is 1. The van der Waals surface area contributed by atoms with Crippen molar-refractivity contribution >= 4 is 47.3 Å². The fourth-order valence-electron chi connectivity index (χ4n) is 7.71. The van der Waals surface area contributed by atoms with Crippen molar-refractivity contribution in [2.24, 2.45) is 11.8 Å². The Labute approximate surface area is 378 Å². The van der Waals surface area contributed by atoms with Crippen molar-refractivity contribution < 1.29 is 48.2 Å². The van der Waals surface area contributed by atoms with E-state index in [-0.39, 0.29) is 31.1 Å². The Balaban J connectivity index is 2.20. The average molecular weight is 899 g/mol. The zero-order valence-corrected chi connectivity index (χ0v) is 39.8. The van der Waals surface area contributed by atoms with Gasteiger partial charge in [-0.3, -0.25) is 38.4 Å². The van der Waals surface area contributed by atoms with Gasteiger partial charge in [-0.25, -0.2) is 0 Å². The van der Waals surface area contributed by atoms with Crippen LogP contribution in [0.5, 0.6) is 0 Å². The van der Waals surface area contributed by atoms with E-state index < -0.39 is 115 Å². The van der Waals surface area contributed by atoms with E-state index in [0.29, 0.717) is 18.7 Å². The van der Waals surface area contributed by atoms with Crippen molar-refractivity contribution in [3.8, 4) is 0 Å². The minimum Gasteiger partial charge on any atom is -0.391 e. The normalized spacial score (nSPS) is 25.3. The first-order chi connectivity index (χ1) is 29.9. The molecule has 0 radical (unpaired) electrons. The molecule has 0 spiro atoms. The van der Waals surface area contributed by atoms with Crippen molar-refractivity contribution in [2.75, 3.05) is 47.4 Å². The molecule has 0 unspecified atom stereocenters. The lowest BCUT2D eigenvalue weighted by molar-refractivity contribution is -0.150. The molecular weight excluding hydrogens is 825 g/mol. The largest absolute Gasteiger partial charge is 0.391 e. The summed E-state index contributed by atoms with van der Waals surface area (Å²) in [6, 6.07) is 0.896. The summed E-state index contributed by atoms with van der Waals surface area (Å²) < 4.78 is 5.94. The van der Waals surface area contributed by atoms with Gasteiger partial charge in [0.25, 0.3) is 0 Å². The molecule has 2 aliphatic rings. The zero-order chi connectivity index (χ0) is 48.1. The highest BCUT2D eigenvalue weighted by Gasteiger charge is 2.40. The smallest absolute Gasteiger partial charge is 0.245 e. The highest BCUT2D eigenvalue weighted by molar-refractivity contribution is 5.98. The predicted molar refractivity (Wildman–Crippen MR) is 240 cm³/mol. The van der Waals surface area contributed by atoms with Gasteiger partial charge in [0.2, 0.25) is 47.3 Å². The van der Waals surface area contributed by atoms with Crippen LogP contribution in [0, 0.1) is 11.8 Å². The predicted octanol–water partition coefficient (Wildman–Crippen LogP) is 0.985. The second-order valence-electron chi connectivity index (χ2n) is 19.1. The number of amides is 8. The summed E-state index contributed by atoms with van der Waals surface area (Å²) in [7, 11) is 4.31. The van der Waals surface area contributed by atoms with Crippen molar-refractivity contribution in [3.05, 3.63) is 35.9 Å². The quantitative estimate of drug-likeness (QED) is 0.224. The van der Waals surface area contributed by atoms with Crippen LogP contribution in [0.25, 0.3) is 0 Å². The standard InChI is InChI=1S/C46H74N8O10/c1-28(2)22-32-43(61)51(9)26-38(57)52(10)36(23-29(3)4)45(63)53(11)35(24-31-18-14-12-15-19-31)41(59)50-39(30(5)55)42(60)49-34(27-64-46(6,7)8)40(58)48-33(25-37(56)47-32)44(62)54-20-16-13-17-21-54/h12,14-15,18-19,28-30,32-36,39,55H,13,16-17,20-27H2,1-11H3,(H,47,56)(H,48,58)(H,49,60)(H,50,59)/t30-,32+,33+,34+,35+,36+,39+/m1/s1. The molecule has 1 aromatic rings. The number of hydrogen-bond acceptors (Lipinski definition) is 10. The second kappa shape index (κ2) is 24.3. The van der Waals surface area contributed by atoms with Crippen molar-refractivity contribution in [1.82, 2.24) is 40.9 Å². The first-order valence-electron chi connectivity index (χ1n) is 22.5. The highest BCUT2D eigenvalue weighted by atomic mass is 16.5. The third-order valence-electron chi connectivity index (χ3n) is 11.4. The van der Waals surface area contributed by atoms with E-state index >= 15 is 0 Å². The highest BCUT2D eigenvalue weighted by Crippen LogP contribution is 2.19. The van der Waals surface area contributed by atoms with E-state index in [1.54, 1.807) is 56.0 Å². The summed E-state index contributed by atoms with van der Waals surface area (Å²) in [6.07, 6.45) is 0.666. The average Bonchev–Trinajstić information content (AvgIpc) is 3.22. The topological polar surface area (TPSA) is 227 Å². The van der Waals surface area contributed by atoms with E-state index in [1.807, 2.05) is 27.7 Å². The first-order valence-corrected chi connectivity index (χ1v) is 22.5. The molecule has 0 aliphatic carbocycles. The van der Waals surface area contributed by atoms with Gasteiger partial charge in [0.05, 0.1) is 31.3 Å². The first kappa shape index (κ1) is 53.2. The van der Waals surface area contributed by atoms with Crippen LogP contribution in [0.3, 0.4) is 0 Å². The lowest BCUT2D eigenvalue weighted by Gasteiger charge is -2.36. The molecule has 7 atom stereocenters. The van der Waals surface area contributed by atoms with Crippen LogP contribution in [0.15, 0.2) is 30.3 Å². The maximum Gasteiger partial charge on any atom is 0.245 e. The van der Waals surface area contributed by atoms with E-state index in [9.17, 15) is 43.5 Å². The molecule has 2 heterocycles. The Hall–Kier alpha value is -5.10. The van der Waals surface area contributed by atoms with Crippen LogP contribution < -0.4 is 21.3 Å². The minimum atomic E-state index is -1.64. The third kappa shape index (κ3) is 16.2. The van der Waals surface area contributed by atoms with Gasteiger partial charge in [0.1, 0.15) is 36.3 Å². The number of likely N-dealkylation sites (tertiary alicyclic amines) is 1. The monoisotopic (exact) mass is 899 g/mol. The Morgan fingerprint density at radius 3 is 1.91 bits per heavy atom. The van der Waals surface area contributed by atoms with Crippen molar-refractivity contribution in [3.63, 3.8) is 0 Å². The number of hydrogen-bond donors (Lipinski definition) is 5. The number of aliphatic hydroxyl groups excluding tert-OH is 1. The second-order valence-corrected chi connectivity index (χ2v) is 19.1. The number of carbonyl (C=O) groups excluding carboxylic acids is 8. The van der Waals surface area contributed by atoms with Crippen LogP contribution in [0.2, 0.25) is 0 Å². The van der Waals surface area contributed by atoms with Crippen molar-refractivity contribution in [1.29, 1.82) is 0 Å². The van der Waals surface area contributed by atoms with Gasteiger partial charge in [0.15, 0.2) is 0 Å². The van der Waals surface area contributed by atoms with E-state index in [4.69, 9.17) is 4.74 Å². The SMILES string of the molecule is CC(C)C[C@@H]1NC(=O)C[C@@H](C(=O)N2CCCCC2)NC(=O)[C@H](COC(C)(C)C)NC(=O)[C@H]([C@@H](C)O)NC(=O)[C@H](Cc2ccccc2)N(C)C(=O)[C@H](CC(C)C)N(C)C(=O)CN(C)C1=O. The Kier molecular flexibility index (Phi) is 20.2. The number of benzene rings is 1. The number of nitrogens with one attached hydrogen (secondary N) is 4. The van der Waals surface area contributed by atoms with Gasteiger partial charge in [-0.2, -0.15) is 0 Å². The molecular formula is C46H74N8O10. The number of piperidine rings is 1. The number of carbonyl (C=O) groups is 8. The lowest BCUT2D eigenvalue weighted by Crippen LogP contribution is -2.63. The molecule has 0 aromatic heterocycles. The van der Waals surface area contributed by atoms with E-state index in [2.05, 4.69) is 21.3 Å². The number of rotatable bonds is 10. The van der Waals surface area contributed by atoms with Gasteiger partial charge >= 0.3 is 0 Å². The summed E-state index contributed by atoms with van der Waals surface area (Å²) in [5.41, 5.74) is -0.120. The molecule has 64 heavy (non-hydrogen) atoms. The number of nitrogens with zero attached hydrogens (tertiary/aromatic N) is 4. The third-order valence-corrected chi connectivity index (χ3v) is 11.4. The summed E-state index contributed by atoms with van der Waals surface area (Å²) in [6.45, 7) is 14.0.